The van der Waals surface area contributed by atoms with Crippen LogP contribution in [0.5, 0.6) is 0 Å². The summed E-state index contributed by atoms with van der Waals surface area (Å²) < 4.78 is 2.00. The van der Waals surface area contributed by atoms with Gasteiger partial charge in [-0.25, -0.2) is 4.98 Å². The molecule has 2 rings (SSSR count). The monoisotopic (exact) mass is 190 g/mol. The minimum Gasteiger partial charge on any atom is -0.390 e. The molecule has 0 aliphatic carbocycles. The average Bonchev–Trinajstić information content (AvgIpc) is 2.47. The Kier molecular flexibility index (Phi) is 2.04. The fraction of sp³-hybridized carbons (Fsp3) is 0.364. The van der Waals surface area contributed by atoms with Crippen molar-refractivity contribution in [3.8, 4) is 0 Å². The van der Waals surface area contributed by atoms with E-state index in [1.54, 1.807) is 13.8 Å². The van der Waals surface area contributed by atoms with Gasteiger partial charge in [-0.1, -0.05) is 6.07 Å². The molecule has 0 fully saturated rings. The van der Waals surface area contributed by atoms with Crippen LogP contribution in [0.25, 0.3) is 5.65 Å². The number of pyridine rings is 1. The fourth-order valence-electron chi connectivity index (χ4n) is 1.56. The van der Waals surface area contributed by atoms with Crippen molar-refractivity contribution in [2.45, 2.75) is 25.9 Å². The zero-order chi connectivity index (χ0) is 10.2. The lowest BCUT2D eigenvalue weighted by molar-refractivity contribution is 0.0797. The second-order valence-corrected chi connectivity index (χ2v) is 4.17. The smallest absolute Gasteiger partial charge is 0.136 e. The molecular formula is C11H14N2O. The van der Waals surface area contributed by atoms with Gasteiger partial charge in [-0.15, -0.1) is 0 Å². The molecule has 3 nitrogen and oxygen atoms in total. The number of nitrogens with zero attached hydrogens (tertiary/aromatic N) is 2. The number of hydrogen-bond donors (Lipinski definition) is 1. The highest BCUT2D eigenvalue weighted by atomic mass is 16.3. The Bertz CT molecular complexity index is 440. The predicted octanol–water partition coefficient (Wildman–Crippen LogP) is 1.65. The van der Waals surface area contributed by atoms with Crippen LogP contribution in [-0.4, -0.2) is 20.1 Å². The minimum atomic E-state index is -0.689. The lowest BCUT2D eigenvalue weighted by Gasteiger charge is -2.16. The first kappa shape index (κ1) is 9.21. The fourth-order valence-corrected chi connectivity index (χ4v) is 1.56. The summed E-state index contributed by atoms with van der Waals surface area (Å²) in [6.45, 7) is 3.60. The first-order valence-corrected chi connectivity index (χ1v) is 4.70. The van der Waals surface area contributed by atoms with Crippen LogP contribution in [-0.2, 0) is 6.42 Å². The van der Waals surface area contributed by atoms with Gasteiger partial charge in [-0.05, 0) is 26.0 Å². The van der Waals surface area contributed by atoms with E-state index in [4.69, 9.17) is 0 Å². The van der Waals surface area contributed by atoms with Gasteiger partial charge in [0, 0.05) is 24.5 Å². The summed E-state index contributed by atoms with van der Waals surface area (Å²) in [6.07, 6.45) is 4.38. The van der Waals surface area contributed by atoms with Crippen molar-refractivity contribution in [1.82, 2.24) is 9.38 Å². The van der Waals surface area contributed by atoms with Crippen molar-refractivity contribution in [3.05, 3.63) is 36.3 Å². The summed E-state index contributed by atoms with van der Waals surface area (Å²) in [6, 6.07) is 5.87. The molecule has 0 spiro atoms. The maximum absolute atomic E-state index is 9.71. The molecule has 2 aromatic rings. The van der Waals surface area contributed by atoms with E-state index in [1.165, 1.54) is 0 Å². The van der Waals surface area contributed by atoms with Crippen molar-refractivity contribution in [2.75, 3.05) is 0 Å². The van der Waals surface area contributed by atoms with Crippen LogP contribution in [0.15, 0.2) is 30.6 Å². The largest absolute Gasteiger partial charge is 0.390 e. The molecule has 2 aromatic heterocycles. The Balaban J connectivity index is 2.44. The lowest BCUT2D eigenvalue weighted by Crippen LogP contribution is -2.22. The standard InChI is InChI=1S/C11H14N2O/c1-11(2,14)7-9-8-12-10-5-3-4-6-13(9)10/h3-6,8,14H,7H2,1-2H3. The van der Waals surface area contributed by atoms with Crippen LogP contribution in [0.2, 0.25) is 0 Å². The Morgan fingerprint density at radius 3 is 2.93 bits per heavy atom. The molecule has 0 radical (unpaired) electrons. The van der Waals surface area contributed by atoms with Gasteiger partial charge in [0.15, 0.2) is 0 Å². The van der Waals surface area contributed by atoms with Crippen LogP contribution in [0.3, 0.4) is 0 Å². The van der Waals surface area contributed by atoms with E-state index in [9.17, 15) is 5.11 Å². The van der Waals surface area contributed by atoms with Gasteiger partial charge in [0.1, 0.15) is 5.65 Å². The van der Waals surface area contributed by atoms with Crippen LogP contribution >= 0.6 is 0 Å². The van der Waals surface area contributed by atoms with E-state index in [0.717, 1.165) is 11.3 Å². The van der Waals surface area contributed by atoms with Crippen LogP contribution in [0.4, 0.5) is 0 Å². The molecule has 0 aliphatic rings. The van der Waals surface area contributed by atoms with Gasteiger partial charge in [0.25, 0.3) is 0 Å². The number of hydrogen-bond acceptors (Lipinski definition) is 2. The number of aliphatic hydroxyl groups is 1. The maximum Gasteiger partial charge on any atom is 0.136 e. The zero-order valence-electron chi connectivity index (χ0n) is 8.44. The molecule has 1 N–H and O–H groups in total. The molecule has 0 amide bonds. The topological polar surface area (TPSA) is 37.5 Å². The lowest BCUT2D eigenvalue weighted by atomic mass is 10.0. The molecular weight excluding hydrogens is 176 g/mol. The second-order valence-electron chi connectivity index (χ2n) is 4.17. The summed E-state index contributed by atoms with van der Waals surface area (Å²) in [4.78, 5) is 4.25. The third-order valence-electron chi connectivity index (χ3n) is 2.11. The number of aromatic nitrogens is 2. The minimum absolute atomic E-state index is 0.609. The summed E-state index contributed by atoms with van der Waals surface area (Å²) in [5, 5.41) is 9.71. The van der Waals surface area contributed by atoms with Crippen molar-refractivity contribution in [3.63, 3.8) is 0 Å². The molecule has 0 aromatic carbocycles. The first-order valence-electron chi connectivity index (χ1n) is 4.70. The third kappa shape index (κ3) is 1.77. The SMILES string of the molecule is CC(C)(O)Cc1cnc2ccccn12. The summed E-state index contributed by atoms with van der Waals surface area (Å²) >= 11 is 0. The molecule has 0 atom stereocenters. The third-order valence-corrected chi connectivity index (χ3v) is 2.11. The highest BCUT2D eigenvalue weighted by Crippen LogP contribution is 2.13. The van der Waals surface area contributed by atoms with E-state index in [2.05, 4.69) is 4.98 Å². The number of imidazole rings is 1. The normalized spacial score (nSPS) is 12.2. The number of rotatable bonds is 2. The summed E-state index contributed by atoms with van der Waals surface area (Å²) in [7, 11) is 0. The van der Waals surface area contributed by atoms with Crippen molar-refractivity contribution in [2.24, 2.45) is 0 Å². The molecule has 0 aliphatic heterocycles. The van der Waals surface area contributed by atoms with Gasteiger partial charge < -0.3 is 9.51 Å². The predicted molar refractivity (Wildman–Crippen MR) is 55.2 cm³/mol. The maximum atomic E-state index is 9.71. The van der Waals surface area contributed by atoms with E-state index in [1.807, 2.05) is 35.0 Å². The van der Waals surface area contributed by atoms with E-state index in [0.29, 0.717) is 6.42 Å². The quantitative estimate of drug-likeness (QED) is 0.781. The van der Waals surface area contributed by atoms with Gasteiger partial charge in [-0.2, -0.15) is 0 Å². The molecule has 0 saturated carbocycles. The first-order chi connectivity index (χ1) is 6.56. The van der Waals surface area contributed by atoms with Crippen LogP contribution in [0.1, 0.15) is 19.5 Å². The van der Waals surface area contributed by atoms with Gasteiger partial charge in [0.2, 0.25) is 0 Å². The Morgan fingerprint density at radius 1 is 1.43 bits per heavy atom. The highest BCUT2D eigenvalue weighted by molar-refractivity contribution is 5.39. The van der Waals surface area contributed by atoms with Crippen molar-refractivity contribution >= 4 is 5.65 Å². The van der Waals surface area contributed by atoms with Gasteiger partial charge in [0.05, 0.1) is 5.60 Å². The Morgan fingerprint density at radius 2 is 2.21 bits per heavy atom. The highest BCUT2D eigenvalue weighted by Gasteiger charge is 2.15. The Hall–Kier alpha value is -1.35. The molecule has 0 unspecified atom stereocenters. The van der Waals surface area contributed by atoms with Crippen LogP contribution in [0, 0.1) is 0 Å². The zero-order valence-corrected chi connectivity index (χ0v) is 8.44. The molecule has 74 valence electrons. The average molecular weight is 190 g/mol. The molecule has 14 heavy (non-hydrogen) atoms. The van der Waals surface area contributed by atoms with Gasteiger partial charge in [-0.3, -0.25) is 0 Å². The molecule has 0 saturated heterocycles. The van der Waals surface area contributed by atoms with Gasteiger partial charge >= 0.3 is 0 Å². The molecule has 2 heterocycles. The molecule has 0 bridgehead atoms. The Labute approximate surface area is 83.0 Å². The molecule has 3 heteroatoms. The summed E-state index contributed by atoms with van der Waals surface area (Å²) in [5.74, 6) is 0. The van der Waals surface area contributed by atoms with Crippen molar-refractivity contribution < 1.29 is 5.11 Å². The van der Waals surface area contributed by atoms with E-state index in [-0.39, 0.29) is 0 Å². The second kappa shape index (κ2) is 3.10. The van der Waals surface area contributed by atoms with Crippen molar-refractivity contribution in [1.29, 1.82) is 0 Å². The summed E-state index contributed by atoms with van der Waals surface area (Å²) in [5.41, 5.74) is 1.27. The van der Waals surface area contributed by atoms with E-state index >= 15 is 0 Å². The van der Waals surface area contributed by atoms with E-state index < -0.39 is 5.60 Å². The number of fused-ring (bicyclic) bond motifs is 1. The van der Waals surface area contributed by atoms with Crippen LogP contribution < -0.4 is 0 Å².